The number of nitrogens with one attached hydrogen (secondary N) is 1. The minimum absolute atomic E-state index is 0.401. The van der Waals surface area contributed by atoms with E-state index in [2.05, 4.69) is 15.8 Å². The summed E-state index contributed by atoms with van der Waals surface area (Å²) in [4.78, 5) is 14.3. The fourth-order valence-corrected chi connectivity index (χ4v) is 1.90. The second kappa shape index (κ2) is 4.90. The Kier molecular flexibility index (Phi) is 3.31. The standard InChI is InChI=1S/C13H13N3O2/c1-18-13(17)11(15)5-9-7-16-12-4-8(6-14)2-3-10(9)12/h2-4,7,11,16H,5,15H2,1H3. The lowest BCUT2D eigenvalue weighted by molar-refractivity contribution is -0.142. The molecule has 0 saturated heterocycles. The van der Waals surface area contributed by atoms with Crippen molar-refractivity contribution in [1.82, 2.24) is 4.98 Å². The number of hydrogen-bond acceptors (Lipinski definition) is 4. The highest BCUT2D eigenvalue weighted by Crippen LogP contribution is 2.20. The number of aromatic nitrogens is 1. The molecule has 2 aromatic rings. The number of nitriles is 1. The number of esters is 1. The number of carbonyl (C=O) groups excluding carboxylic acids is 1. The molecule has 3 N–H and O–H groups in total. The monoisotopic (exact) mass is 243 g/mol. The number of fused-ring (bicyclic) bond motifs is 1. The Balaban J connectivity index is 2.30. The number of benzene rings is 1. The van der Waals surface area contributed by atoms with E-state index in [1.807, 2.05) is 6.07 Å². The van der Waals surface area contributed by atoms with Gasteiger partial charge in [0, 0.05) is 23.5 Å². The Morgan fingerprint density at radius 3 is 3.06 bits per heavy atom. The first-order valence-electron chi connectivity index (χ1n) is 5.49. The van der Waals surface area contributed by atoms with Crippen LogP contribution in [0.2, 0.25) is 0 Å². The fourth-order valence-electron chi connectivity index (χ4n) is 1.90. The summed E-state index contributed by atoms with van der Waals surface area (Å²) in [7, 11) is 1.32. The topological polar surface area (TPSA) is 91.9 Å². The number of rotatable bonds is 3. The zero-order valence-corrected chi connectivity index (χ0v) is 9.93. The minimum atomic E-state index is -0.676. The van der Waals surface area contributed by atoms with Gasteiger partial charge in [-0.2, -0.15) is 5.26 Å². The van der Waals surface area contributed by atoms with Gasteiger partial charge in [-0.1, -0.05) is 6.07 Å². The van der Waals surface area contributed by atoms with Crippen molar-refractivity contribution >= 4 is 16.9 Å². The van der Waals surface area contributed by atoms with E-state index in [0.717, 1.165) is 16.5 Å². The third kappa shape index (κ3) is 2.19. The lowest BCUT2D eigenvalue weighted by Gasteiger charge is -2.07. The number of nitrogens with two attached hydrogens (primary N) is 1. The van der Waals surface area contributed by atoms with Gasteiger partial charge in [-0.15, -0.1) is 0 Å². The van der Waals surface area contributed by atoms with Crippen LogP contribution < -0.4 is 5.73 Å². The van der Waals surface area contributed by atoms with Crippen LogP contribution in [0.15, 0.2) is 24.4 Å². The molecule has 0 bridgehead atoms. The molecule has 1 heterocycles. The van der Waals surface area contributed by atoms with Crippen molar-refractivity contribution in [1.29, 1.82) is 5.26 Å². The molecule has 0 saturated carbocycles. The van der Waals surface area contributed by atoms with Crippen LogP contribution in [0.25, 0.3) is 10.9 Å². The minimum Gasteiger partial charge on any atom is -0.468 e. The van der Waals surface area contributed by atoms with Gasteiger partial charge in [0.1, 0.15) is 6.04 Å². The summed E-state index contributed by atoms with van der Waals surface area (Å²) in [5.74, 6) is -0.432. The van der Waals surface area contributed by atoms with Crippen LogP contribution in [0.4, 0.5) is 0 Å². The second-order valence-corrected chi connectivity index (χ2v) is 4.02. The third-order valence-electron chi connectivity index (χ3n) is 2.84. The third-order valence-corrected chi connectivity index (χ3v) is 2.84. The summed E-state index contributed by atoms with van der Waals surface area (Å²) in [6, 6.07) is 6.76. The lowest BCUT2D eigenvalue weighted by Crippen LogP contribution is -2.33. The zero-order chi connectivity index (χ0) is 13.1. The highest BCUT2D eigenvalue weighted by molar-refractivity contribution is 5.85. The van der Waals surface area contributed by atoms with Gasteiger partial charge in [0.15, 0.2) is 0 Å². The Morgan fingerprint density at radius 2 is 2.39 bits per heavy atom. The Labute approximate surface area is 104 Å². The fraction of sp³-hybridized carbons (Fsp3) is 0.231. The van der Waals surface area contributed by atoms with Gasteiger partial charge in [0.2, 0.25) is 0 Å². The molecule has 1 unspecified atom stereocenters. The number of ether oxygens (including phenoxy) is 1. The molecule has 5 heteroatoms. The molecular formula is C13H13N3O2. The average Bonchev–Trinajstić information content (AvgIpc) is 2.80. The normalized spacial score (nSPS) is 12.1. The first-order chi connectivity index (χ1) is 8.65. The van der Waals surface area contributed by atoms with E-state index in [1.165, 1.54) is 7.11 Å². The van der Waals surface area contributed by atoms with Gasteiger partial charge in [-0.25, -0.2) is 0 Å². The van der Waals surface area contributed by atoms with Gasteiger partial charge in [-0.05, 0) is 17.7 Å². The molecule has 1 aromatic carbocycles. The Morgan fingerprint density at radius 1 is 1.61 bits per heavy atom. The first kappa shape index (κ1) is 12.1. The molecule has 0 aliphatic rings. The quantitative estimate of drug-likeness (QED) is 0.789. The summed E-state index contributed by atoms with van der Waals surface area (Å²) in [5.41, 5.74) is 8.12. The van der Waals surface area contributed by atoms with E-state index in [1.54, 1.807) is 18.3 Å². The number of nitrogens with zero attached hydrogens (tertiary/aromatic N) is 1. The van der Waals surface area contributed by atoms with E-state index >= 15 is 0 Å². The molecule has 1 aromatic heterocycles. The van der Waals surface area contributed by atoms with Gasteiger partial charge < -0.3 is 15.5 Å². The molecule has 18 heavy (non-hydrogen) atoms. The van der Waals surface area contributed by atoms with E-state index in [4.69, 9.17) is 11.0 Å². The highest BCUT2D eigenvalue weighted by atomic mass is 16.5. The summed E-state index contributed by atoms with van der Waals surface area (Å²) < 4.78 is 4.59. The molecule has 2 rings (SSSR count). The Bertz CT molecular complexity index is 625. The van der Waals surface area contributed by atoms with Crippen molar-refractivity contribution in [3.05, 3.63) is 35.5 Å². The van der Waals surface area contributed by atoms with Crippen LogP contribution in [0.5, 0.6) is 0 Å². The molecular weight excluding hydrogens is 230 g/mol. The molecule has 0 amide bonds. The molecule has 0 radical (unpaired) electrons. The van der Waals surface area contributed by atoms with Crippen LogP contribution in [0, 0.1) is 11.3 Å². The van der Waals surface area contributed by atoms with E-state index in [-0.39, 0.29) is 0 Å². The van der Waals surface area contributed by atoms with Crippen LogP contribution in [0.1, 0.15) is 11.1 Å². The van der Waals surface area contributed by atoms with Crippen molar-refractivity contribution in [3.8, 4) is 6.07 Å². The van der Waals surface area contributed by atoms with Gasteiger partial charge >= 0.3 is 5.97 Å². The number of carbonyl (C=O) groups is 1. The maximum Gasteiger partial charge on any atom is 0.322 e. The van der Waals surface area contributed by atoms with E-state index in [9.17, 15) is 4.79 Å². The summed E-state index contributed by atoms with van der Waals surface area (Å²) in [6.07, 6.45) is 2.20. The molecule has 0 spiro atoms. The predicted molar refractivity (Wildman–Crippen MR) is 66.7 cm³/mol. The molecule has 5 nitrogen and oxygen atoms in total. The number of H-pyrrole nitrogens is 1. The van der Waals surface area contributed by atoms with Crippen LogP contribution in [-0.4, -0.2) is 24.1 Å². The van der Waals surface area contributed by atoms with Gasteiger partial charge in [0.25, 0.3) is 0 Å². The molecule has 1 atom stereocenters. The van der Waals surface area contributed by atoms with Crippen LogP contribution >= 0.6 is 0 Å². The largest absolute Gasteiger partial charge is 0.468 e. The zero-order valence-electron chi connectivity index (χ0n) is 9.93. The van der Waals surface area contributed by atoms with Crippen molar-refractivity contribution < 1.29 is 9.53 Å². The molecule has 0 fully saturated rings. The number of methoxy groups -OCH3 is 1. The van der Waals surface area contributed by atoms with Crippen molar-refractivity contribution in [2.45, 2.75) is 12.5 Å². The number of aromatic amines is 1. The SMILES string of the molecule is COC(=O)C(N)Cc1c[nH]c2cc(C#N)ccc12. The second-order valence-electron chi connectivity index (χ2n) is 4.02. The smallest absolute Gasteiger partial charge is 0.322 e. The molecule has 92 valence electrons. The maximum absolute atomic E-state index is 11.3. The van der Waals surface area contributed by atoms with Crippen molar-refractivity contribution in [3.63, 3.8) is 0 Å². The summed E-state index contributed by atoms with van der Waals surface area (Å²) >= 11 is 0. The predicted octanol–water partition coefficient (Wildman–Crippen LogP) is 1.08. The first-order valence-corrected chi connectivity index (χ1v) is 5.49. The van der Waals surface area contributed by atoms with Gasteiger partial charge in [-0.3, -0.25) is 4.79 Å². The number of hydrogen-bond donors (Lipinski definition) is 2. The Hall–Kier alpha value is -2.32. The van der Waals surface area contributed by atoms with Crippen molar-refractivity contribution in [2.75, 3.05) is 7.11 Å². The van der Waals surface area contributed by atoms with Crippen LogP contribution in [-0.2, 0) is 16.0 Å². The lowest BCUT2D eigenvalue weighted by atomic mass is 10.0. The molecule has 0 aliphatic heterocycles. The van der Waals surface area contributed by atoms with Gasteiger partial charge in [0.05, 0.1) is 18.7 Å². The maximum atomic E-state index is 11.3. The van der Waals surface area contributed by atoms with E-state index < -0.39 is 12.0 Å². The highest BCUT2D eigenvalue weighted by Gasteiger charge is 2.16. The van der Waals surface area contributed by atoms with Crippen molar-refractivity contribution in [2.24, 2.45) is 5.73 Å². The average molecular weight is 243 g/mol. The summed E-state index contributed by atoms with van der Waals surface area (Å²) in [6.45, 7) is 0. The summed E-state index contributed by atoms with van der Waals surface area (Å²) in [5, 5.41) is 9.77. The molecule has 0 aliphatic carbocycles. The van der Waals surface area contributed by atoms with Crippen LogP contribution in [0.3, 0.4) is 0 Å². The van der Waals surface area contributed by atoms with E-state index in [0.29, 0.717) is 12.0 Å².